The molecule has 2 aliphatic rings. The monoisotopic (exact) mass is 333 g/mol. The molecule has 0 atom stereocenters. The number of amides is 2. The van der Waals surface area contributed by atoms with Gasteiger partial charge in [0.05, 0.1) is 10.5 Å². The van der Waals surface area contributed by atoms with Gasteiger partial charge in [0.2, 0.25) is 5.91 Å². The van der Waals surface area contributed by atoms with Gasteiger partial charge in [0.25, 0.3) is 11.6 Å². The van der Waals surface area contributed by atoms with Crippen molar-refractivity contribution < 1.29 is 14.5 Å². The average Bonchev–Trinajstić information content (AvgIpc) is 3.40. The minimum absolute atomic E-state index is 0.0335. The SMILES string of the molecule is NC(=O)c1cc([N+](=O)[O-])cnc1N1CCCN(C(=O)C2CC2)CC1. The number of hydrogen-bond acceptors (Lipinski definition) is 6. The van der Waals surface area contributed by atoms with Crippen LogP contribution < -0.4 is 10.6 Å². The molecule has 9 nitrogen and oxygen atoms in total. The van der Waals surface area contributed by atoms with E-state index in [1.165, 1.54) is 0 Å². The summed E-state index contributed by atoms with van der Waals surface area (Å²) in [7, 11) is 0. The highest BCUT2D eigenvalue weighted by Gasteiger charge is 2.34. The van der Waals surface area contributed by atoms with Crippen molar-refractivity contribution in [3.8, 4) is 0 Å². The molecule has 1 saturated heterocycles. The molecule has 1 aliphatic heterocycles. The van der Waals surface area contributed by atoms with Crippen LogP contribution in [0.2, 0.25) is 0 Å². The topological polar surface area (TPSA) is 123 Å². The third-order valence-electron chi connectivity index (χ3n) is 4.36. The minimum atomic E-state index is -0.753. The molecule has 2 amide bonds. The maximum atomic E-state index is 12.2. The number of nitrogens with zero attached hydrogens (tertiary/aromatic N) is 4. The zero-order valence-corrected chi connectivity index (χ0v) is 13.2. The smallest absolute Gasteiger partial charge is 0.288 e. The van der Waals surface area contributed by atoms with E-state index in [-0.39, 0.29) is 23.1 Å². The van der Waals surface area contributed by atoms with Gasteiger partial charge in [0.1, 0.15) is 12.0 Å². The summed E-state index contributed by atoms with van der Waals surface area (Å²) < 4.78 is 0. The number of aromatic nitrogens is 1. The van der Waals surface area contributed by atoms with Gasteiger partial charge in [-0.25, -0.2) is 4.98 Å². The van der Waals surface area contributed by atoms with Gasteiger partial charge in [-0.3, -0.25) is 19.7 Å². The fourth-order valence-electron chi connectivity index (χ4n) is 2.92. The van der Waals surface area contributed by atoms with E-state index in [1.54, 1.807) is 0 Å². The molecule has 9 heteroatoms. The van der Waals surface area contributed by atoms with E-state index in [9.17, 15) is 19.7 Å². The van der Waals surface area contributed by atoms with Gasteiger partial charge in [0.15, 0.2) is 0 Å². The summed E-state index contributed by atoms with van der Waals surface area (Å²) in [6.45, 7) is 2.35. The summed E-state index contributed by atoms with van der Waals surface area (Å²) in [6, 6.07) is 1.16. The molecule has 1 aromatic rings. The molecule has 24 heavy (non-hydrogen) atoms. The van der Waals surface area contributed by atoms with Crippen molar-refractivity contribution in [2.24, 2.45) is 11.7 Å². The molecular weight excluding hydrogens is 314 g/mol. The highest BCUT2D eigenvalue weighted by Crippen LogP contribution is 2.31. The molecule has 1 aliphatic carbocycles. The first-order chi connectivity index (χ1) is 11.5. The first-order valence-corrected chi connectivity index (χ1v) is 7.95. The molecular formula is C15H19N5O4. The molecule has 128 valence electrons. The summed E-state index contributed by atoms with van der Waals surface area (Å²) >= 11 is 0. The molecule has 0 unspecified atom stereocenters. The molecule has 2 fully saturated rings. The quantitative estimate of drug-likeness (QED) is 0.633. The summed E-state index contributed by atoms with van der Waals surface area (Å²) in [5, 5.41) is 10.9. The number of primary amides is 1. The van der Waals surface area contributed by atoms with Gasteiger partial charge in [-0.1, -0.05) is 0 Å². The van der Waals surface area contributed by atoms with E-state index >= 15 is 0 Å². The van der Waals surface area contributed by atoms with E-state index in [0.29, 0.717) is 32.0 Å². The minimum Gasteiger partial charge on any atom is -0.365 e. The average molecular weight is 333 g/mol. The van der Waals surface area contributed by atoms with Gasteiger partial charge in [-0.2, -0.15) is 0 Å². The molecule has 3 rings (SSSR count). The second-order valence-corrected chi connectivity index (χ2v) is 6.13. The number of rotatable bonds is 4. The zero-order valence-electron chi connectivity index (χ0n) is 13.2. The molecule has 1 aromatic heterocycles. The van der Waals surface area contributed by atoms with Crippen LogP contribution in [0.1, 0.15) is 29.6 Å². The van der Waals surface area contributed by atoms with Crippen molar-refractivity contribution in [3.05, 3.63) is 27.9 Å². The molecule has 1 saturated carbocycles. The van der Waals surface area contributed by atoms with Crippen molar-refractivity contribution in [2.75, 3.05) is 31.1 Å². The predicted octanol–water partition coefficient (Wildman–Crippen LogP) is 0.537. The van der Waals surface area contributed by atoms with Crippen LogP contribution in [0.3, 0.4) is 0 Å². The Morgan fingerprint density at radius 3 is 2.62 bits per heavy atom. The van der Waals surface area contributed by atoms with Crippen molar-refractivity contribution in [2.45, 2.75) is 19.3 Å². The van der Waals surface area contributed by atoms with Crippen LogP contribution in [0.15, 0.2) is 12.3 Å². The fraction of sp³-hybridized carbons (Fsp3) is 0.533. The summed E-state index contributed by atoms with van der Waals surface area (Å²) in [5.41, 5.74) is 5.12. The van der Waals surface area contributed by atoms with Gasteiger partial charge in [-0.05, 0) is 19.3 Å². The maximum absolute atomic E-state index is 12.2. The normalized spacial score (nSPS) is 18.2. The van der Waals surface area contributed by atoms with Gasteiger partial charge in [0, 0.05) is 38.2 Å². The molecule has 0 bridgehead atoms. The van der Waals surface area contributed by atoms with Crippen LogP contribution in [0.25, 0.3) is 0 Å². The number of pyridine rings is 1. The lowest BCUT2D eigenvalue weighted by molar-refractivity contribution is -0.385. The highest BCUT2D eigenvalue weighted by molar-refractivity contribution is 5.98. The van der Waals surface area contributed by atoms with Gasteiger partial charge < -0.3 is 15.5 Å². The van der Waals surface area contributed by atoms with Crippen LogP contribution >= 0.6 is 0 Å². The third kappa shape index (κ3) is 3.29. The lowest BCUT2D eigenvalue weighted by Crippen LogP contribution is -2.36. The Labute approximate surface area is 138 Å². The van der Waals surface area contributed by atoms with E-state index in [2.05, 4.69) is 4.98 Å². The fourth-order valence-corrected chi connectivity index (χ4v) is 2.92. The van der Waals surface area contributed by atoms with Crippen molar-refractivity contribution in [3.63, 3.8) is 0 Å². The second-order valence-electron chi connectivity index (χ2n) is 6.13. The predicted molar refractivity (Wildman–Crippen MR) is 85.5 cm³/mol. The van der Waals surface area contributed by atoms with Crippen LogP contribution in [0.5, 0.6) is 0 Å². The molecule has 2 N–H and O–H groups in total. The summed E-state index contributed by atoms with van der Waals surface area (Å²) in [4.78, 5) is 41.9. The van der Waals surface area contributed by atoms with Crippen molar-refractivity contribution in [1.82, 2.24) is 9.88 Å². The van der Waals surface area contributed by atoms with E-state index < -0.39 is 10.8 Å². The Morgan fingerprint density at radius 2 is 2.00 bits per heavy atom. The lowest BCUT2D eigenvalue weighted by atomic mass is 10.2. The molecule has 0 radical (unpaired) electrons. The van der Waals surface area contributed by atoms with E-state index in [4.69, 9.17) is 5.73 Å². The first-order valence-electron chi connectivity index (χ1n) is 7.95. The summed E-state index contributed by atoms with van der Waals surface area (Å²) in [5.74, 6) is -0.0379. The lowest BCUT2D eigenvalue weighted by Gasteiger charge is -2.24. The largest absolute Gasteiger partial charge is 0.365 e. The Bertz CT molecular complexity index is 688. The van der Waals surface area contributed by atoms with Crippen LogP contribution in [0.4, 0.5) is 11.5 Å². The standard InChI is InChI=1S/C15H19N5O4/c16-13(21)12-8-11(20(23)24)9-17-14(12)18-4-1-5-19(7-6-18)15(22)10-2-3-10/h8-10H,1-7H2,(H2,16,21). The number of hydrogen-bond donors (Lipinski definition) is 1. The van der Waals surface area contributed by atoms with Gasteiger partial charge in [-0.15, -0.1) is 0 Å². The number of nitrogens with two attached hydrogens (primary N) is 1. The van der Waals surface area contributed by atoms with Crippen LogP contribution in [-0.2, 0) is 4.79 Å². The number of anilines is 1. The highest BCUT2D eigenvalue weighted by atomic mass is 16.6. The maximum Gasteiger partial charge on any atom is 0.288 e. The molecule has 0 aromatic carbocycles. The summed E-state index contributed by atoms with van der Waals surface area (Å²) in [6.07, 6.45) is 3.80. The number of nitro groups is 1. The first kappa shape index (κ1) is 16.2. The van der Waals surface area contributed by atoms with Gasteiger partial charge >= 0.3 is 0 Å². The Kier molecular flexibility index (Phi) is 4.32. The van der Waals surface area contributed by atoms with E-state index in [1.807, 2.05) is 9.80 Å². The van der Waals surface area contributed by atoms with E-state index in [0.717, 1.165) is 31.5 Å². The van der Waals surface area contributed by atoms with Crippen LogP contribution in [0, 0.1) is 16.0 Å². The zero-order chi connectivity index (χ0) is 17.3. The third-order valence-corrected chi connectivity index (χ3v) is 4.36. The van der Waals surface area contributed by atoms with Crippen molar-refractivity contribution in [1.29, 1.82) is 0 Å². The van der Waals surface area contributed by atoms with Crippen molar-refractivity contribution >= 4 is 23.3 Å². The second kappa shape index (κ2) is 6.42. The Balaban J connectivity index is 1.79. The molecule has 2 heterocycles. The van der Waals surface area contributed by atoms with Crippen LogP contribution in [-0.4, -0.2) is 52.8 Å². The number of carbonyl (C=O) groups excluding carboxylic acids is 2. The molecule has 0 spiro atoms. The Hall–Kier alpha value is -2.71. The Morgan fingerprint density at radius 1 is 1.25 bits per heavy atom. The number of carbonyl (C=O) groups is 2.